The van der Waals surface area contributed by atoms with Crippen LogP contribution in [-0.2, 0) is 15.6 Å². The predicted molar refractivity (Wildman–Crippen MR) is 49.0 cm³/mol. The van der Waals surface area contributed by atoms with Gasteiger partial charge in [0, 0.05) is 0 Å². The van der Waals surface area contributed by atoms with Crippen LogP contribution in [0.5, 0.6) is 0 Å². The van der Waals surface area contributed by atoms with Gasteiger partial charge in [0.05, 0.1) is 11.5 Å². The summed E-state index contributed by atoms with van der Waals surface area (Å²) in [6.45, 7) is 1.54. The second kappa shape index (κ2) is 3.72. The Kier molecular flexibility index (Phi) is 2.87. The van der Waals surface area contributed by atoms with Gasteiger partial charge in [0.2, 0.25) is 0 Å². The molecule has 12 heavy (non-hydrogen) atoms. The lowest BCUT2D eigenvalue weighted by Crippen LogP contribution is -2.01. The summed E-state index contributed by atoms with van der Waals surface area (Å²) in [6, 6.07) is 9.15. The van der Waals surface area contributed by atoms with Gasteiger partial charge in [0.15, 0.2) is 9.84 Å². The summed E-state index contributed by atoms with van der Waals surface area (Å²) in [5.41, 5.74) is 0.829. The molecule has 0 unspecified atom stereocenters. The largest absolute Gasteiger partial charge is 0.228 e. The van der Waals surface area contributed by atoms with Crippen LogP contribution in [0.25, 0.3) is 0 Å². The lowest BCUT2D eigenvalue weighted by molar-refractivity contribution is 0.601. The molecule has 0 N–H and O–H groups in total. The molecule has 0 aliphatic heterocycles. The molecule has 0 saturated carbocycles. The molecule has 0 fully saturated rings. The van der Waals surface area contributed by atoms with Crippen molar-refractivity contribution in [2.75, 3.05) is 0 Å². The molecule has 1 aromatic carbocycles. The smallest absolute Gasteiger partial charge is 0.158 e. The lowest BCUT2D eigenvalue weighted by atomic mass is 10.2. The Bertz CT molecular complexity index is 327. The fourth-order valence-corrected chi connectivity index (χ4v) is 1.71. The Hall–Kier alpha value is -0.830. The quantitative estimate of drug-likeness (QED) is 0.715. The Balaban J connectivity index is 2.78. The minimum atomic E-state index is -3.00. The van der Waals surface area contributed by atoms with E-state index in [1.165, 1.54) is 12.7 Å². The van der Waals surface area contributed by atoms with E-state index in [4.69, 9.17) is 0 Å². The van der Waals surface area contributed by atoms with E-state index in [0.717, 1.165) is 5.56 Å². The summed E-state index contributed by atoms with van der Waals surface area (Å²) in [4.78, 5) is 0. The first-order valence-electron chi connectivity index (χ1n) is 3.70. The molecule has 3 heteroatoms. The van der Waals surface area contributed by atoms with Crippen molar-refractivity contribution in [3.8, 4) is 0 Å². The van der Waals surface area contributed by atoms with E-state index in [0.29, 0.717) is 0 Å². The molecule has 1 radical (unpaired) electrons. The third kappa shape index (κ3) is 2.66. The van der Waals surface area contributed by atoms with Crippen molar-refractivity contribution in [3.63, 3.8) is 0 Å². The molecule has 0 saturated heterocycles. The highest BCUT2D eigenvalue weighted by molar-refractivity contribution is 7.92. The zero-order valence-electron chi connectivity index (χ0n) is 6.90. The molecule has 0 aromatic heterocycles. The summed E-state index contributed by atoms with van der Waals surface area (Å²) in [5, 5.41) is 0. The van der Waals surface area contributed by atoms with Gasteiger partial charge >= 0.3 is 0 Å². The van der Waals surface area contributed by atoms with E-state index in [9.17, 15) is 8.42 Å². The highest BCUT2D eigenvalue weighted by Crippen LogP contribution is 2.07. The first-order chi connectivity index (χ1) is 5.64. The molecule has 2 nitrogen and oxygen atoms in total. The van der Waals surface area contributed by atoms with E-state index in [1.54, 1.807) is 12.1 Å². The van der Waals surface area contributed by atoms with Gasteiger partial charge in [-0.2, -0.15) is 0 Å². The van der Waals surface area contributed by atoms with E-state index in [2.05, 4.69) is 0 Å². The molecule has 1 rings (SSSR count). The third-order valence-electron chi connectivity index (χ3n) is 1.57. The van der Waals surface area contributed by atoms with Crippen LogP contribution in [0.4, 0.5) is 0 Å². The predicted octanol–water partition coefficient (Wildman–Crippen LogP) is 1.78. The third-order valence-corrected chi connectivity index (χ3v) is 3.02. The van der Waals surface area contributed by atoms with Crippen LogP contribution in [0.3, 0.4) is 0 Å². The Labute approximate surface area is 73.2 Å². The molecular formula is C9H11O2S. The fraction of sp³-hybridized carbons (Fsp3) is 0.222. The van der Waals surface area contributed by atoms with Crippen LogP contribution < -0.4 is 0 Å². The molecule has 0 aliphatic rings. The van der Waals surface area contributed by atoms with Crippen molar-refractivity contribution in [2.45, 2.75) is 12.7 Å². The van der Waals surface area contributed by atoms with Gasteiger partial charge in [-0.15, -0.1) is 0 Å². The highest BCUT2D eigenvalue weighted by Gasteiger charge is 2.07. The summed E-state index contributed by atoms with van der Waals surface area (Å²) in [6.07, 6.45) is 0. The van der Waals surface area contributed by atoms with Crippen molar-refractivity contribution < 1.29 is 8.42 Å². The monoisotopic (exact) mass is 183 g/mol. The average Bonchev–Trinajstić information content (AvgIpc) is 2.06. The second-order valence-electron chi connectivity index (χ2n) is 2.53. The van der Waals surface area contributed by atoms with Crippen molar-refractivity contribution in [1.82, 2.24) is 0 Å². The maximum absolute atomic E-state index is 11.1. The molecule has 0 bridgehead atoms. The first-order valence-corrected chi connectivity index (χ1v) is 5.41. The Morgan fingerprint density at radius 3 is 2.33 bits per heavy atom. The maximum atomic E-state index is 11.1. The van der Waals surface area contributed by atoms with Crippen LogP contribution in [0.2, 0.25) is 0 Å². The van der Waals surface area contributed by atoms with Crippen molar-refractivity contribution in [2.24, 2.45) is 0 Å². The summed E-state index contributed by atoms with van der Waals surface area (Å²) >= 11 is 0. The number of hydrogen-bond acceptors (Lipinski definition) is 2. The molecule has 0 amide bonds. The van der Waals surface area contributed by atoms with E-state index < -0.39 is 9.84 Å². The molecule has 0 atom stereocenters. The minimum Gasteiger partial charge on any atom is -0.228 e. The fourth-order valence-electron chi connectivity index (χ4n) is 0.890. The zero-order chi connectivity index (χ0) is 9.03. The maximum Gasteiger partial charge on any atom is 0.158 e. The summed E-state index contributed by atoms with van der Waals surface area (Å²) < 4.78 is 22.2. The highest BCUT2D eigenvalue weighted by atomic mass is 32.2. The lowest BCUT2D eigenvalue weighted by Gasteiger charge is -1.99. The van der Waals surface area contributed by atoms with E-state index >= 15 is 0 Å². The zero-order valence-corrected chi connectivity index (χ0v) is 7.71. The van der Waals surface area contributed by atoms with Crippen LogP contribution in [0.1, 0.15) is 12.5 Å². The number of benzene rings is 1. The van der Waals surface area contributed by atoms with E-state index in [1.807, 2.05) is 18.2 Å². The topological polar surface area (TPSA) is 34.1 Å². The van der Waals surface area contributed by atoms with Crippen molar-refractivity contribution in [1.29, 1.82) is 0 Å². The first kappa shape index (κ1) is 9.26. The number of hydrogen-bond donors (Lipinski definition) is 0. The van der Waals surface area contributed by atoms with Gasteiger partial charge in [-0.3, -0.25) is 0 Å². The molecule has 0 aliphatic carbocycles. The van der Waals surface area contributed by atoms with Crippen molar-refractivity contribution >= 4 is 9.84 Å². The Morgan fingerprint density at radius 2 is 1.83 bits per heavy atom. The van der Waals surface area contributed by atoms with Crippen LogP contribution >= 0.6 is 0 Å². The van der Waals surface area contributed by atoms with Gasteiger partial charge in [-0.1, -0.05) is 30.3 Å². The van der Waals surface area contributed by atoms with Gasteiger partial charge in [0.25, 0.3) is 0 Å². The van der Waals surface area contributed by atoms with Gasteiger partial charge in [0.1, 0.15) is 0 Å². The van der Waals surface area contributed by atoms with Gasteiger partial charge in [-0.05, 0) is 12.5 Å². The van der Waals surface area contributed by atoms with Crippen LogP contribution in [0.15, 0.2) is 30.3 Å². The number of rotatable bonds is 3. The standard InChI is InChI=1S/C9H11O2S/c1-2-12(10,11)8-9-6-4-3-5-7-9/h2-7H,8H2,1H3. The van der Waals surface area contributed by atoms with E-state index in [-0.39, 0.29) is 5.75 Å². The molecule has 1 aromatic rings. The number of sulfone groups is 1. The molecule has 65 valence electrons. The van der Waals surface area contributed by atoms with Crippen LogP contribution in [-0.4, -0.2) is 8.42 Å². The average molecular weight is 183 g/mol. The normalized spacial score (nSPS) is 11.4. The molecular weight excluding hydrogens is 172 g/mol. The summed E-state index contributed by atoms with van der Waals surface area (Å²) in [5.74, 6) is 1.34. The molecule has 0 spiro atoms. The second-order valence-corrected chi connectivity index (χ2v) is 4.61. The summed E-state index contributed by atoms with van der Waals surface area (Å²) in [7, 11) is -3.00. The SMILES string of the molecule is C[CH]S(=O)(=O)Cc1ccccc1. The van der Waals surface area contributed by atoms with Crippen molar-refractivity contribution in [3.05, 3.63) is 41.6 Å². The Morgan fingerprint density at radius 1 is 1.25 bits per heavy atom. The van der Waals surface area contributed by atoms with Gasteiger partial charge < -0.3 is 0 Å². The van der Waals surface area contributed by atoms with Gasteiger partial charge in [-0.25, -0.2) is 8.42 Å². The van der Waals surface area contributed by atoms with Crippen LogP contribution in [0, 0.1) is 5.75 Å². The minimum absolute atomic E-state index is 0.102. The molecule has 0 heterocycles.